The molecule has 0 spiro atoms. The van der Waals surface area contributed by atoms with Gasteiger partial charge in [0.1, 0.15) is 28.7 Å². The van der Waals surface area contributed by atoms with Gasteiger partial charge in [0.25, 0.3) is 0 Å². The number of imidazole rings is 1. The molecule has 3 N–H and O–H groups in total. The first-order valence-corrected chi connectivity index (χ1v) is 11.6. The molecular formula is C25H22F2N8O. The van der Waals surface area contributed by atoms with Crippen molar-refractivity contribution >= 4 is 34.0 Å². The quantitative estimate of drug-likeness (QED) is 0.350. The second kappa shape index (κ2) is 9.00. The van der Waals surface area contributed by atoms with Crippen molar-refractivity contribution in [2.24, 2.45) is 0 Å². The number of nitrogens with one attached hydrogen (secondary N) is 2. The largest absolute Gasteiger partial charge is 0.507 e. The van der Waals surface area contributed by atoms with Gasteiger partial charge in [0.2, 0.25) is 5.95 Å². The first-order chi connectivity index (χ1) is 17.6. The summed E-state index contributed by atoms with van der Waals surface area (Å²) in [5.41, 5.74) is 1.91. The van der Waals surface area contributed by atoms with Gasteiger partial charge in [-0.2, -0.15) is 0 Å². The average molecular weight is 489 g/mol. The second-order valence-electron chi connectivity index (χ2n) is 8.54. The fourth-order valence-corrected chi connectivity index (χ4v) is 4.49. The van der Waals surface area contributed by atoms with Crippen molar-refractivity contribution in [3.63, 3.8) is 0 Å². The SMILES string of the molecule is Oc1cc2nccn2c2cc(-c3nc(Nc4ccc(N5CCCNCC5)cn4)ncc3F)cc(F)c12. The molecule has 1 saturated heterocycles. The van der Waals surface area contributed by atoms with Gasteiger partial charge in [-0.1, -0.05) is 0 Å². The summed E-state index contributed by atoms with van der Waals surface area (Å²) in [4.78, 5) is 19.2. The van der Waals surface area contributed by atoms with Gasteiger partial charge in [-0.05, 0) is 37.2 Å². The van der Waals surface area contributed by atoms with Crippen LogP contribution in [0.15, 0.2) is 55.1 Å². The predicted molar refractivity (Wildman–Crippen MR) is 133 cm³/mol. The molecule has 11 heteroatoms. The molecule has 182 valence electrons. The molecule has 36 heavy (non-hydrogen) atoms. The molecule has 4 aromatic heterocycles. The Hall–Kier alpha value is -4.38. The van der Waals surface area contributed by atoms with Crippen molar-refractivity contribution in [1.82, 2.24) is 29.7 Å². The summed E-state index contributed by atoms with van der Waals surface area (Å²) in [7, 11) is 0. The lowest BCUT2D eigenvalue weighted by atomic mass is 10.1. The van der Waals surface area contributed by atoms with Crippen molar-refractivity contribution in [3.8, 4) is 17.0 Å². The van der Waals surface area contributed by atoms with Crippen LogP contribution >= 0.6 is 0 Å². The monoisotopic (exact) mass is 488 g/mol. The molecule has 1 aliphatic rings. The Bertz CT molecular complexity index is 1560. The Morgan fingerprint density at radius 3 is 2.75 bits per heavy atom. The highest BCUT2D eigenvalue weighted by Gasteiger charge is 2.17. The highest BCUT2D eigenvalue weighted by atomic mass is 19.1. The van der Waals surface area contributed by atoms with Crippen LogP contribution in [0.1, 0.15) is 6.42 Å². The van der Waals surface area contributed by atoms with E-state index in [1.165, 1.54) is 12.3 Å². The fourth-order valence-electron chi connectivity index (χ4n) is 4.49. The van der Waals surface area contributed by atoms with Crippen LogP contribution in [-0.4, -0.2) is 55.6 Å². The van der Waals surface area contributed by atoms with Crippen LogP contribution in [0.4, 0.5) is 26.2 Å². The Morgan fingerprint density at radius 2 is 1.89 bits per heavy atom. The van der Waals surface area contributed by atoms with Crippen molar-refractivity contribution in [2.45, 2.75) is 6.42 Å². The van der Waals surface area contributed by atoms with Gasteiger partial charge in [0, 0.05) is 43.7 Å². The molecule has 0 atom stereocenters. The summed E-state index contributed by atoms with van der Waals surface area (Å²) in [5, 5.41) is 16.7. The van der Waals surface area contributed by atoms with E-state index in [4.69, 9.17) is 0 Å². The summed E-state index contributed by atoms with van der Waals surface area (Å²) >= 11 is 0. The number of rotatable bonds is 4. The third kappa shape index (κ3) is 4.03. The number of nitrogens with zero attached hydrogens (tertiary/aromatic N) is 6. The molecule has 0 radical (unpaired) electrons. The number of hydrogen-bond acceptors (Lipinski definition) is 8. The minimum absolute atomic E-state index is 0.0153. The van der Waals surface area contributed by atoms with E-state index in [9.17, 15) is 9.50 Å². The van der Waals surface area contributed by atoms with Crippen LogP contribution in [0.2, 0.25) is 0 Å². The van der Waals surface area contributed by atoms with Crippen molar-refractivity contribution in [3.05, 3.63) is 66.8 Å². The minimum Gasteiger partial charge on any atom is -0.507 e. The van der Waals surface area contributed by atoms with Crippen molar-refractivity contribution in [2.75, 3.05) is 36.4 Å². The molecule has 1 aromatic carbocycles. The molecule has 9 nitrogen and oxygen atoms in total. The summed E-state index contributed by atoms with van der Waals surface area (Å²) in [6.45, 7) is 3.79. The molecule has 0 unspecified atom stereocenters. The standard InChI is InChI=1S/C25H22F2N8O/c26-17-10-15(11-19-23(17)20(36)12-22-29-6-9-35(19)22)24-18(27)14-31-25(33-24)32-21-3-2-16(13-30-21)34-7-1-4-28-5-8-34/h2-3,6,9-14,28,36H,1,4-5,7-8H2,(H,30,31,32,33). The highest BCUT2D eigenvalue weighted by molar-refractivity contribution is 5.91. The summed E-state index contributed by atoms with van der Waals surface area (Å²) in [6.07, 6.45) is 7.04. The lowest BCUT2D eigenvalue weighted by Crippen LogP contribution is -2.27. The maximum Gasteiger partial charge on any atom is 0.229 e. The lowest BCUT2D eigenvalue weighted by molar-refractivity contribution is 0.478. The Morgan fingerprint density at radius 1 is 0.972 bits per heavy atom. The molecule has 5 heterocycles. The highest BCUT2D eigenvalue weighted by Crippen LogP contribution is 2.33. The van der Waals surface area contributed by atoms with Gasteiger partial charge in [0.05, 0.1) is 29.0 Å². The molecule has 5 aromatic rings. The molecule has 1 fully saturated rings. The zero-order valence-electron chi connectivity index (χ0n) is 19.1. The fraction of sp³-hybridized carbons (Fsp3) is 0.200. The second-order valence-corrected chi connectivity index (χ2v) is 8.54. The number of hydrogen-bond donors (Lipinski definition) is 3. The molecular weight excluding hydrogens is 466 g/mol. The Kier molecular flexibility index (Phi) is 5.53. The zero-order chi connectivity index (χ0) is 24.6. The smallest absolute Gasteiger partial charge is 0.229 e. The van der Waals surface area contributed by atoms with E-state index in [2.05, 4.69) is 35.5 Å². The molecule has 0 aliphatic carbocycles. The molecule has 0 bridgehead atoms. The average Bonchev–Trinajstić information content (AvgIpc) is 3.18. The van der Waals surface area contributed by atoms with Crippen LogP contribution in [0.25, 0.3) is 27.8 Å². The summed E-state index contributed by atoms with van der Waals surface area (Å²) in [5.74, 6) is -1.04. The summed E-state index contributed by atoms with van der Waals surface area (Å²) in [6, 6.07) is 7.86. The number of fused-ring (bicyclic) bond motifs is 3. The lowest BCUT2D eigenvalue weighted by Gasteiger charge is -2.21. The number of anilines is 3. The Labute approximate surface area is 204 Å². The van der Waals surface area contributed by atoms with Crippen molar-refractivity contribution in [1.29, 1.82) is 0 Å². The normalized spacial score (nSPS) is 14.3. The Balaban J connectivity index is 1.32. The molecule has 1 aliphatic heterocycles. The van der Waals surface area contributed by atoms with Gasteiger partial charge < -0.3 is 20.6 Å². The van der Waals surface area contributed by atoms with Gasteiger partial charge in [0.15, 0.2) is 5.82 Å². The third-order valence-corrected chi connectivity index (χ3v) is 6.23. The van der Waals surface area contributed by atoms with E-state index in [0.717, 1.165) is 50.6 Å². The maximum atomic E-state index is 15.0. The first kappa shape index (κ1) is 22.1. The van der Waals surface area contributed by atoms with Gasteiger partial charge in [-0.15, -0.1) is 0 Å². The van der Waals surface area contributed by atoms with Crippen LogP contribution < -0.4 is 15.5 Å². The van der Waals surface area contributed by atoms with E-state index < -0.39 is 11.6 Å². The van der Waals surface area contributed by atoms with Crippen LogP contribution in [0, 0.1) is 11.6 Å². The molecule has 0 saturated carbocycles. The van der Waals surface area contributed by atoms with Gasteiger partial charge in [-0.25, -0.2) is 28.7 Å². The number of aromatic hydroxyl groups is 1. The summed E-state index contributed by atoms with van der Waals surface area (Å²) < 4.78 is 31.4. The zero-order valence-corrected chi connectivity index (χ0v) is 19.1. The van der Waals surface area contributed by atoms with E-state index >= 15 is 4.39 Å². The van der Waals surface area contributed by atoms with Gasteiger partial charge >= 0.3 is 0 Å². The van der Waals surface area contributed by atoms with Crippen LogP contribution in [-0.2, 0) is 0 Å². The number of pyridine rings is 2. The van der Waals surface area contributed by atoms with E-state index in [-0.39, 0.29) is 28.3 Å². The van der Waals surface area contributed by atoms with E-state index in [1.54, 1.807) is 22.9 Å². The van der Waals surface area contributed by atoms with Crippen LogP contribution in [0.5, 0.6) is 5.75 Å². The van der Waals surface area contributed by atoms with E-state index in [0.29, 0.717) is 17.0 Å². The number of halogens is 2. The molecule has 0 amide bonds. The van der Waals surface area contributed by atoms with Crippen LogP contribution in [0.3, 0.4) is 0 Å². The third-order valence-electron chi connectivity index (χ3n) is 6.23. The van der Waals surface area contributed by atoms with E-state index in [1.807, 2.05) is 12.1 Å². The molecule has 6 rings (SSSR count). The predicted octanol–water partition coefficient (Wildman–Crippen LogP) is 3.87. The topological polar surface area (TPSA) is 104 Å². The minimum atomic E-state index is -0.709. The van der Waals surface area contributed by atoms with Crippen molar-refractivity contribution < 1.29 is 13.9 Å². The van der Waals surface area contributed by atoms with Gasteiger partial charge in [-0.3, -0.25) is 4.40 Å². The number of aromatic nitrogens is 5. The number of benzene rings is 1. The first-order valence-electron chi connectivity index (χ1n) is 11.6. The maximum absolute atomic E-state index is 15.0.